The Bertz CT molecular complexity index is 265. The third-order valence-corrected chi connectivity index (χ3v) is 2.66. The van der Waals surface area contributed by atoms with Gasteiger partial charge >= 0.3 is 5.92 Å². The van der Waals surface area contributed by atoms with Crippen molar-refractivity contribution < 1.29 is 18.4 Å². The summed E-state index contributed by atoms with van der Waals surface area (Å²) in [5, 5.41) is 0. The molecule has 0 radical (unpaired) electrons. The molecule has 0 spiro atoms. The molecule has 3 nitrogen and oxygen atoms in total. The average Bonchev–Trinajstić information content (AvgIpc) is 2.15. The summed E-state index contributed by atoms with van der Waals surface area (Å²) >= 11 is 0. The standard InChI is InChI=1S/C10H15F2NO2/c1-7-3-5-13(6-4-7)9(15)8(14)10(2,11)12/h7H,3-6H2,1-2H3. The molecule has 0 atom stereocenters. The van der Waals surface area contributed by atoms with Crippen molar-refractivity contribution in [1.82, 2.24) is 4.90 Å². The van der Waals surface area contributed by atoms with Crippen LogP contribution in [0.25, 0.3) is 0 Å². The minimum atomic E-state index is -3.56. The first-order valence-corrected chi connectivity index (χ1v) is 5.04. The quantitative estimate of drug-likeness (QED) is 0.659. The van der Waals surface area contributed by atoms with Gasteiger partial charge < -0.3 is 4.90 Å². The van der Waals surface area contributed by atoms with E-state index in [9.17, 15) is 18.4 Å². The number of halogens is 2. The van der Waals surface area contributed by atoms with Crippen molar-refractivity contribution in [3.05, 3.63) is 0 Å². The van der Waals surface area contributed by atoms with Gasteiger partial charge in [0.2, 0.25) is 0 Å². The molecule has 0 unspecified atom stereocenters. The molecule has 0 aromatic heterocycles. The molecule has 0 aromatic rings. The summed E-state index contributed by atoms with van der Waals surface area (Å²) in [5.74, 6) is -5.71. The zero-order chi connectivity index (χ0) is 11.6. The molecular formula is C10H15F2NO2. The summed E-state index contributed by atoms with van der Waals surface area (Å²) in [7, 11) is 0. The van der Waals surface area contributed by atoms with E-state index in [1.807, 2.05) is 6.92 Å². The second-order valence-corrected chi connectivity index (χ2v) is 4.19. The number of hydrogen-bond acceptors (Lipinski definition) is 2. The van der Waals surface area contributed by atoms with Gasteiger partial charge in [0.1, 0.15) is 0 Å². The van der Waals surface area contributed by atoms with Crippen LogP contribution in [0.3, 0.4) is 0 Å². The fourth-order valence-electron chi connectivity index (χ4n) is 1.54. The third kappa shape index (κ3) is 2.97. The maximum absolute atomic E-state index is 12.6. The van der Waals surface area contributed by atoms with Crippen LogP contribution in [0.5, 0.6) is 0 Å². The Morgan fingerprint density at radius 1 is 1.27 bits per heavy atom. The maximum Gasteiger partial charge on any atom is 0.312 e. The molecule has 0 bridgehead atoms. The van der Waals surface area contributed by atoms with E-state index in [-0.39, 0.29) is 0 Å². The normalized spacial score (nSPS) is 19.1. The average molecular weight is 219 g/mol. The summed E-state index contributed by atoms with van der Waals surface area (Å²) in [5.41, 5.74) is 0. The minimum absolute atomic E-state index is 0.405. The Morgan fingerprint density at radius 2 is 1.73 bits per heavy atom. The van der Waals surface area contributed by atoms with Crippen LogP contribution in [0.4, 0.5) is 8.78 Å². The topological polar surface area (TPSA) is 37.4 Å². The first-order valence-electron chi connectivity index (χ1n) is 5.04. The number of piperidine rings is 1. The van der Waals surface area contributed by atoms with Crippen LogP contribution in [-0.4, -0.2) is 35.6 Å². The summed E-state index contributed by atoms with van der Waals surface area (Å²) in [6, 6.07) is 0. The van der Waals surface area contributed by atoms with Crippen molar-refractivity contribution in [3.8, 4) is 0 Å². The molecule has 1 saturated heterocycles. The highest BCUT2D eigenvalue weighted by atomic mass is 19.3. The van der Waals surface area contributed by atoms with E-state index >= 15 is 0 Å². The number of alkyl halides is 2. The number of carbonyl (C=O) groups excluding carboxylic acids is 2. The number of Topliss-reactive ketones (excluding diaryl/α,β-unsaturated/α-hetero) is 1. The Balaban J connectivity index is 2.58. The number of likely N-dealkylation sites (tertiary alicyclic amines) is 1. The molecule has 1 fully saturated rings. The Labute approximate surface area is 87.4 Å². The molecule has 1 rings (SSSR count). The van der Waals surface area contributed by atoms with E-state index in [4.69, 9.17) is 0 Å². The first kappa shape index (κ1) is 12.1. The van der Waals surface area contributed by atoms with E-state index in [2.05, 4.69) is 0 Å². The molecule has 0 aromatic carbocycles. The number of amides is 1. The van der Waals surface area contributed by atoms with Gasteiger partial charge in [-0.25, -0.2) is 0 Å². The number of rotatable bonds is 2. The monoisotopic (exact) mass is 219 g/mol. The fraction of sp³-hybridized carbons (Fsp3) is 0.800. The lowest BCUT2D eigenvalue weighted by Gasteiger charge is -2.30. The largest absolute Gasteiger partial charge is 0.336 e. The number of ketones is 1. The van der Waals surface area contributed by atoms with Crippen molar-refractivity contribution in [2.45, 2.75) is 32.6 Å². The Morgan fingerprint density at radius 3 is 2.13 bits per heavy atom. The minimum Gasteiger partial charge on any atom is -0.336 e. The Kier molecular flexibility index (Phi) is 3.42. The van der Waals surface area contributed by atoms with E-state index < -0.39 is 17.6 Å². The molecule has 1 amide bonds. The predicted molar refractivity (Wildman–Crippen MR) is 50.6 cm³/mol. The van der Waals surface area contributed by atoms with E-state index in [0.29, 0.717) is 25.9 Å². The van der Waals surface area contributed by atoms with Gasteiger partial charge in [-0.05, 0) is 18.8 Å². The van der Waals surface area contributed by atoms with E-state index in [1.54, 1.807) is 0 Å². The highest BCUT2D eigenvalue weighted by molar-refractivity contribution is 6.38. The molecule has 0 N–H and O–H groups in total. The van der Waals surface area contributed by atoms with Crippen LogP contribution < -0.4 is 0 Å². The zero-order valence-electron chi connectivity index (χ0n) is 8.93. The maximum atomic E-state index is 12.6. The summed E-state index contributed by atoms with van der Waals surface area (Å²) in [6.07, 6.45) is 1.54. The second-order valence-electron chi connectivity index (χ2n) is 4.19. The molecular weight excluding hydrogens is 204 g/mol. The van der Waals surface area contributed by atoms with E-state index in [1.165, 1.54) is 4.90 Å². The smallest absolute Gasteiger partial charge is 0.312 e. The molecule has 86 valence electrons. The number of carbonyl (C=O) groups is 2. The lowest BCUT2D eigenvalue weighted by Crippen LogP contribution is -2.46. The molecule has 0 aliphatic carbocycles. The van der Waals surface area contributed by atoms with Gasteiger partial charge in [-0.1, -0.05) is 6.92 Å². The highest BCUT2D eigenvalue weighted by Gasteiger charge is 2.40. The van der Waals surface area contributed by atoms with Gasteiger partial charge in [-0.15, -0.1) is 0 Å². The highest BCUT2D eigenvalue weighted by Crippen LogP contribution is 2.19. The first-order chi connectivity index (χ1) is 6.82. The zero-order valence-corrected chi connectivity index (χ0v) is 8.93. The summed E-state index contributed by atoms with van der Waals surface area (Å²) < 4.78 is 25.2. The van der Waals surface area contributed by atoms with Crippen molar-refractivity contribution in [3.63, 3.8) is 0 Å². The van der Waals surface area contributed by atoms with Crippen LogP contribution in [0.1, 0.15) is 26.7 Å². The molecule has 0 saturated carbocycles. The SMILES string of the molecule is CC1CCN(C(=O)C(=O)C(C)(F)F)CC1. The fourth-order valence-corrected chi connectivity index (χ4v) is 1.54. The summed E-state index contributed by atoms with van der Waals surface area (Å²) in [6.45, 7) is 3.31. The van der Waals surface area contributed by atoms with Crippen molar-refractivity contribution >= 4 is 11.7 Å². The Hall–Kier alpha value is -1.00. The van der Waals surface area contributed by atoms with E-state index in [0.717, 1.165) is 12.8 Å². The van der Waals surface area contributed by atoms with Gasteiger partial charge in [0.25, 0.3) is 11.7 Å². The molecule has 1 heterocycles. The number of nitrogens with zero attached hydrogens (tertiary/aromatic N) is 1. The van der Waals surface area contributed by atoms with Crippen LogP contribution >= 0.6 is 0 Å². The van der Waals surface area contributed by atoms with Gasteiger partial charge in [-0.2, -0.15) is 8.78 Å². The second kappa shape index (κ2) is 4.24. The predicted octanol–water partition coefficient (Wildman–Crippen LogP) is 1.47. The van der Waals surface area contributed by atoms with Crippen molar-refractivity contribution in [1.29, 1.82) is 0 Å². The lowest BCUT2D eigenvalue weighted by molar-refractivity contribution is -0.157. The number of hydrogen-bond donors (Lipinski definition) is 0. The molecule has 1 aliphatic heterocycles. The van der Waals surface area contributed by atoms with Crippen LogP contribution in [0.2, 0.25) is 0 Å². The molecule has 5 heteroatoms. The van der Waals surface area contributed by atoms with Crippen molar-refractivity contribution in [2.75, 3.05) is 13.1 Å². The van der Waals surface area contributed by atoms with Crippen LogP contribution in [0, 0.1) is 5.92 Å². The molecule has 1 aliphatic rings. The lowest BCUT2D eigenvalue weighted by atomic mass is 9.99. The third-order valence-electron chi connectivity index (χ3n) is 2.66. The van der Waals surface area contributed by atoms with Gasteiger partial charge in [0, 0.05) is 20.0 Å². The van der Waals surface area contributed by atoms with Crippen molar-refractivity contribution in [2.24, 2.45) is 5.92 Å². The van der Waals surface area contributed by atoms with Gasteiger partial charge in [-0.3, -0.25) is 9.59 Å². The van der Waals surface area contributed by atoms with Crippen LogP contribution in [0.15, 0.2) is 0 Å². The van der Waals surface area contributed by atoms with Gasteiger partial charge in [0.15, 0.2) is 0 Å². The summed E-state index contributed by atoms with van der Waals surface area (Å²) in [4.78, 5) is 23.6. The molecule has 15 heavy (non-hydrogen) atoms. The van der Waals surface area contributed by atoms with Gasteiger partial charge in [0.05, 0.1) is 0 Å². The van der Waals surface area contributed by atoms with Crippen LogP contribution in [-0.2, 0) is 9.59 Å².